The van der Waals surface area contributed by atoms with E-state index in [9.17, 15) is 9.18 Å². The van der Waals surface area contributed by atoms with E-state index in [-0.39, 0.29) is 5.56 Å². The molecule has 3 nitrogen and oxygen atoms in total. The van der Waals surface area contributed by atoms with Gasteiger partial charge in [0.25, 0.3) is 0 Å². The monoisotopic (exact) mass is 197 g/mol. The first-order valence-corrected chi connectivity index (χ1v) is 4.27. The number of hydrogen-bond donors (Lipinski definition) is 2. The quantitative estimate of drug-likeness (QED) is 0.768. The zero-order valence-electron chi connectivity index (χ0n) is 7.77. The minimum Gasteiger partial charge on any atom is -0.481 e. The van der Waals surface area contributed by atoms with Crippen LogP contribution in [0.5, 0.6) is 0 Å². The summed E-state index contributed by atoms with van der Waals surface area (Å²) in [4.78, 5) is 10.8. The summed E-state index contributed by atoms with van der Waals surface area (Å²) < 4.78 is 13.2. The van der Waals surface area contributed by atoms with Crippen molar-refractivity contribution in [1.29, 1.82) is 0 Å². The highest BCUT2D eigenvalue weighted by atomic mass is 19.1. The van der Waals surface area contributed by atoms with Crippen LogP contribution in [0, 0.1) is 5.82 Å². The van der Waals surface area contributed by atoms with E-state index in [4.69, 9.17) is 10.8 Å². The maximum Gasteiger partial charge on any atom is 0.312 e. The smallest absolute Gasteiger partial charge is 0.312 e. The van der Waals surface area contributed by atoms with Gasteiger partial charge in [0.15, 0.2) is 0 Å². The maximum absolute atomic E-state index is 13.2. The van der Waals surface area contributed by atoms with Gasteiger partial charge in [0.1, 0.15) is 5.82 Å². The van der Waals surface area contributed by atoms with Gasteiger partial charge >= 0.3 is 5.97 Å². The molecule has 76 valence electrons. The van der Waals surface area contributed by atoms with E-state index in [1.165, 1.54) is 18.2 Å². The van der Waals surface area contributed by atoms with Crippen LogP contribution in [-0.2, 0) is 4.79 Å². The zero-order valence-corrected chi connectivity index (χ0v) is 7.77. The Labute approximate surface area is 81.4 Å². The molecule has 14 heavy (non-hydrogen) atoms. The first-order valence-electron chi connectivity index (χ1n) is 4.27. The third kappa shape index (κ3) is 2.09. The number of aliphatic carboxylic acids is 1. The molecule has 2 atom stereocenters. The van der Waals surface area contributed by atoms with Crippen molar-refractivity contribution in [2.45, 2.75) is 18.9 Å². The summed E-state index contributed by atoms with van der Waals surface area (Å²) in [7, 11) is 0. The Hall–Kier alpha value is -1.42. The van der Waals surface area contributed by atoms with Crippen LogP contribution in [-0.4, -0.2) is 17.1 Å². The van der Waals surface area contributed by atoms with Crippen molar-refractivity contribution in [3.63, 3.8) is 0 Å². The van der Waals surface area contributed by atoms with Crippen molar-refractivity contribution in [1.82, 2.24) is 0 Å². The number of halogens is 1. The summed E-state index contributed by atoms with van der Waals surface area (Å²) in [6.45, 7) is 1.55. The van der Waals surface area contributed by atoms with E-state index >= 15 is 0 Å². The van der Waals surface area contributed by atoms with E-state index in [1.54, 1.807) is 13.0 Å². The van der Waals surface area contributed by atoms with Crippen molar-refractivity contribution < 1.29 is 14.3 Å². The number of carbonyl (C=O) groups is 1. The fourth-order valence-corrected chi connectivity index (χ4v) is 1.37. The molecule has 3 N–H and O–H groups in total. The van der Waals surface area contributed by atoms with Crippen LogP contribution >= 0.6 is 0 Å². The number of benzene rings is 1. The minimum atomic E-state index is -1.11. The average Bonchev–Trinajstić information content (AvgIpc) is 2.07. The molecule has 0 bridgehead atoms. The minimum absolute atomic E-state index is 0.134. The van der Waals surface area contributed by atoms with Crippen LogP contribution in [0.25, 0.3) is 0 Å². The highest BCUT2D eigenvalue weighted by molar-refractivity contribution is 5.77. The summed E-state index contributed by atoms with van der Waals surface area (Å²) in [5.74, 6) is -2.63. The molecule has 0 saturated heterocycles. The Balaban J connectivity index is 3.12. The van der Waals surface area contributed by atoms with Crippen LogP contribution < -0.4 is 5.73 Å². The van der Waals surface area contributed by atoms with Crippen molar-refractivity contribution in [3.05, 3.63) is 35.6 Å². The molecule has 0 saturated carbocycles. The molecule has 0 fully saturated rings. The zero-order chi connectivity index (χ0) is 10.7. The molecule has 0 aromatic heterocycles. The summed E-state index contributed by atoms with van der Waals surface area (Å²) in [6.07, 6.45) is 0. The van der Waals surface area contributed by atoms with Gasteiger partial charge < -0.3 is 10.8 Å². The van der Waals surface area contributed by atoms with E-state index < -0.39 is 23.7 Å². The van der Waals surface area contributed by atoms with E-state index in [0.717, 1.165) is 0 Å². The van der Waals surface area contributed by atoms with Gasteiger partial charge in [-0.05, 0) is 13.0 Å². The lowest BCUT2D eigenvalue weighted by atomic mass is 9.93. The molecular formula is C10H12FNO2. The van der Waals surface area contributed by atoms with E-state index in [2.05, 4.69) is 0 Å². The largest absolute Gasteiger partial charge is 0.481 e. The molecule has 0 heterocycles. The molecule has 1 aromatic rings. The second-order valence-electron chi connectivity index (χ2n) is 3.20. The Morgan fingerprint density at radius 2 is 2.07 bits per heavy atom. The molecule has 1 aromatic carbocycles. The molecule has 0 aliphatic carbocycles. The van der Waals surface area contributed by atoms with Crippen molar-refractivity contribution in [3.8, 4) is 0 Å². The molecule has 0 aliphatic heterocycles. The average molecular weight is 197 g/mol. The van der Waals surface area contributed by atoms with Gasteiger partial charge in [-0.3, -0.25) is 4.79 Å². The van der Waals surface area contributed by atoms with Crippen LogP contribution in [0.1, 0.15) is 18.4 Å². The lowest BCUT2D eigenvalue weighted by Crippen LogP contribution is -2.31. The molecule has 0 spiro atoms. The van der Waals surface area contributed by atoms with Crippen LogP contribution in [0.2, 0.25) is 0 Å². The molecule has 4 heteroatoms. The molecular weight excluding hydrogens is 185 g/mol. The van der Waals surface area contributed by atoms with Gasteiger partial charge in [-0.25, -0.2) is 4.39 Å². The van der Waals surface area contributed by atoms with Crippen LogP contribution in [0.15, 0.2) is 24.3 Å². The van der Waals surface area contributed by atoms with Crippen molar-refractivity contribution in [2.75, 3.05) is 0 Å². The normalized spacial score (nSPS) is 14.8. The number of hydrogen-bond acceptors (Lipinski definition) is 2. The maximum atomic E-state index is 13.2. The predicted octanol–water partition coefficient (Wildman–Crippen LogP) is 1.34. The highest BCUT2D eigenvalue weighted by Crippen LogP contribution is 2.21. The van der Waals surface area contributed by atoms with Gasteiger partial charge in [-0.1, -0.05) is 18.2 Å². The Bertz CT molecular complexity index is 339. The van der Waals surface area contributed by atoms with Gasteiger partial charge in [-0.15, -0.1) is 0 Å². The Morgan fingerprint density at radius 1 is 1.50 bits per heavy atom. The van der Waals surface area contributed by atoms with Crippen molar-refractivity contribution >= 4 is 5.97 Å². The number of rotatable bonds is 3. The molecule has 0 aliphatic rings. The number of carboxylic acid groups (broad SMARTS) is 1. The number of carboxylic acids is 1. The molecule has 2 unspecified atom stereocenters. The lowest BCUT2D eigenvalue weighted by Gasteiger charge is -2.16. The standard InChI is InChI=1S/C10H12FNO2/c1-6(12)9(10(13)14)7-4-2-3-5-8(7)11/h2-6,9H,12H2,1H3,(H,13,14). The first-order chi connectivity index (χ1) is 6.54. The fraction of sp³-hybridized carbons (Fsp3) is 0.300. The van der Waals surface area contributed by atoms with Crippen LogP contribution in [0.4, 0.5) is 4.39 Å². The summed E-state index contributed by atoms with van der Waals surface area (Å²) in [6, 6.07) is 5.16. The SMILES string of the molecule is CC(N)C(C(=O)O)c1ccccc1F. The van der Waals surface area contributed by atoms with E-state index in [0.29, 0.717) is 0 Å². The third-order valence-corrected chi connectivity index (χ3v) is 2.03. The fourth-order valence-electron chi connectivity index (χ4n) is 1.37. The van der Waals surface area contributed by atoms with Crippen LogP contribution in [0.3, 0.4) is 0 Å². The van der Waals surface area contributed by atoms with Gasteiger partial charge in [-0.2, -0.15) is 0 Å². The molecule has 0 amide bonds. The third-order valence-electron chi connectivity index (χ3n) is 2.03. The lowest BCUT2D eigenvalue weighted by molar-refractivity contribution is -0.139. The number of nitrogens with two attached hydrogens (primary N) is 1. The topological polar surface area (TPSA) is 63.3 Å². The van der Waals surface area contributed by atoms with E-state index in [1.807, 2.05) is 0 Å². The first kappa shape index (κ1) is 10.7. The summed E-state index contributed by atoms with van der Waals surface area (Å²) in [5, 5.41) is 8.87. The van der Waals surface area contributed by atoms with Gasteiger partial charge in [0.05, 0.1) is 5.92 Å². The highest BCUT2D eigenvalue weighted by Gasteiger charge is 2.26. The Kier molecular flexibility index (Phi) is 3.19. The summed E-state index contributed by atoms with van der Waals surface area (Å²) in [5.41, 5.74) is 5.63. The molecule has 0 radical (unpaired) electrons. The van der Waals surface area contributed by atoms with Crippen molar-refractivity contribution in [2.24, 2.45) is 5.73 Å². The van der Waals surface area contributed by atoms with Gasteiger partial charge in [0.2, 0.25) is 0 Å². The Morgan fingerprint density at radius 3 is 2.50 bits per heavy atom. The second kappa shape index (κ2) is 4.19. The second-order valence-corrected chi connectivity index (χ2v) is 3.20. The molecule has 1 rings (SSSR count). The summed E-state index contributed by atoms with van der Waals surface area (Å²) >= 11 is 0. The van der Waals surface area contributed by atoms with Gasteiger partial charge in [0, 0.05) is 11.6 Å². The predicted molar refractivity (Wildman–Crippen MR) is 50.4 cm³/mol.